The van der Waals surface area contributed by atoms with E-state index >= 15 is 0 Å². The number of nitrogens with one attached hydrogen (secondary N) is 1. The van der Waals surface area contributed by atoms with Gasteiger partial charge in [0.15, 0.2) is 0 Å². The molecule has 1 aliphatic rings. The molecular formula is C23H22N4O3. The third-order valence-corrected chi connectivity index (χ3v) is 5.36. The summed E-state index contributed by atoms with van der Waals surface area (Å²) in [5, 5.41) is 7.62. The first-order chi connectivity index (χ1) is 14.5. The van der Waals surface area contributed by atoms with E-state index in [9.17, 15) is 4.79 Å². The molecule has 1 amide bonds. The molecule has 1 N–H and O–H groups in total. The second kappa shape index (κ2) is 7.09. The monoisotopic (exact) mass is 402 g/mol. The van der Waals surface area contributed by atoms with E-state index in [1.54, 1.807) is 6.20 Å². The summed E-state index contributed by atoms with van der Waals surface area (Å²) in [4.78, 5) is 21.9. The lowest BCUT2D eigenvalue weighted by atomic mass is 10.1. The van der Waals surface area contributed by atoms with Gasteiger partial charge < -0.3 is 14.3 Å². The number of hydrogen-bond donors (Lipinski definition) is 1. The molecule has 5 rings (SSSR count). The van der Waals surface area contributed by atoms with E-state index in [-0.39, 0.29) is 11.8 Å². The predicted molar refractivity (Wildman–Crippen MR) is 112 cm³/mol. The van der Waals surface area contributed by atoms with Crippen LogP contribution in [0.4, 0.5) is 5.69 Å². The molecule has 1 aromatic carbocycles. The lowest BCUT2D eigenvalue weighted by Crippen LogP contribution is -2.13. The van der Waals surface area contributed by atoms with E-state index < -0.39 is 0 Å². The maximum absolute atomic E-state index is 13.1. The van der Waals surface area contributed by atoms with Crippen molar-refractivity contribution in [3.8, 4) is 11.5 Å². The first-order valence-electron chi connectivity index (χ1n) is 10.1. The minimum Gasteiger partial charge on any atom is -0.441 e. The number of amides is 1. The van der Waals surface area contributed by atoms with Gasteiger partial charge in [0, 0.05) is 28.8 Å². The quantitative estimate of drug-likeness (QED) is 0.478. The zero-order valence-corrected chi connectivity index (χ0v) is 17.1. The molecule has 0 unspecified atom stereocenters. The number of pyridine rings is 1. The molecule has 0 radical (unpaired) electrons. The summed E-state index contributed by atoms with van der Waals surface area (Å²) >= 11 is 0. The average molecular weight is 402 g/mol. The van der Waals surface area contributed by atoms with Crippen molar-refractivity contribution in [2.24, 2.45) is 0 Å². The molecule has 0 aliphatic heterocycles. The highest BCUT2D eigenvalue weighted by molar-refractivity contribution is 6.12. The van der Waals surface area contributed by atoms with Crippen LogP contribution in [0.5, 0.6) is 0 Å². The molecule has 7 heteroatoms. The fourth-order valence-electron chi connectivity index (χ4n) is 3.46. The highest BCUT2D eigenvalue weighted by Crippen LogP contribution is 2.40. The summed E-state index contributed by atoms with van der Waals surface area (Å²) in [7, 11) is 0. The average Bonchev–Trinajstić information content (AvgIpc) is 3.35. The van der Waals surface area contributed by atoms with Crippen molar-refractivity contribution in [3.63, 3.8) is 0 Å². The third-order valence-electron chi connectivity index (χ3n) is 5.36. The number of fused-ring (bicyclic) bond motifs is 1. The van der Waals surface area contributed by atoms with Crippen LogP contribution in [-0.2, 0) is 0 Å². The smallest absolute Gasteiger partial charge is 0.259 e. The van der Waals surface area contributed by atoms with Crippen LogP contribution in [0, 0.1) is 6.92 Å². The van der Waals surface area contributed by atoms with Crippen molar-refractivity contribution in [3.05, 3.63) is 59.2 Å². The Labute approximate surface area is 173 Å². The van der Waals surface area contributed by atoms with Gasteiger partial charge >= 0.3 is 0 Å². The Morgan fingerprint density at radius 1 is 1.20 bits per heavy atom. The number of aromatic nitrogens is 3. The van der Waals surface area contributed by atoms with Gasteiger partial charge in [-0.05, 0) is 50.1 Å². The second-order valence-corrected chi connectivity index (χ2v) is 8.07. The van der Waals surface area contributed by atoms with Crippen LogP contribution >= 0.6 is 0 Å². The highest BCUT2D eigenvalue weighted by Gasteiger charge is 2.28. The second-order valence-electron chi connectivity index (χ2n) is 8.07. The van der Waals surface area contributed by atoms with Crippen LogP contribution in [0.3, 0.4) is 0 Å². The number of hydrogen-bond acceptors (Lipinski definition) is 6. The summed E-state index contributed by atoms with van der Waals surface area (Å²) in [6, 6.07) is 9.32. The van der Waals surface area contributed by atoms with Crippen molar-refractivity contribution in [1.29, 1.82) is 0 Å². The van der Waals surface area contributed by atoms with Crippen molar-refractivity contribution < 1.29 is 13.7 Å². The molecule has 152 valence electrons. The summed E-state index contributed by atoms with van der Waals surface area (Å²) in [5.41, 5.74) is 4.05. The normalized spacial score (nSPS) is 13.9. The SMILES string of the molecule is Cc1noc2nc(C3CC3)cc(C(=O)Nc3ccc(-c4ncc(C(C)C)o4)cc3)c12. The van der Waals surface area contributed by atoms with Crippen molar-refractivity contribution in [1.82, 2.24) is 15.1 Å². The van der Waals surface area contributed by atoms with Gasteiger partial charge in [-0.2, -0.15) is 0 Å². The predicted octanol–water partition coefficient (Wildman–Crippen LogP) is 5.44. The summed E-state index contributed by atoms with van der Waals surface area (Å²) in [6.07, 6.45) is 3.93. The molecule has 3 heterocycles. The minimum absolute atomic E-state index is 0.207. The van der Waals surface area contributed by atoms with E-state index in [1.165, 1.54) is 0 Å². The fraction of sp³-hybridized carbons (Fsp3) is 0.304. The summed E-state index contributed by atoms with van der Waals surface area (Å²) in [6.45, 7) is 5.94. The van der Waals surface area contributed by atoms with Gasteiger partial charge in [0.05, 0.1) is 22.8 Å². The molecule has 30 heavy (non-hydrogen) atoms. The maximum atomic E-state index is 13.1. The Bertz CT molecular complexity index is 1230. The van der Waals surface area contributed by atoms with Gasteiger partial charge in [-0.3, -0.25) is 4.79 Å². The van der Waals surface area contributed by atoms with Gasteiger partial charge in [0.1, 0.15) is 5.76 Å². The van der Waals surface area contributed by atoms with E-state index in [0.717, 1.165) is 29.9 Å². The first-order valence-corrected chi connectivity index (χ1v) is 10.1. The Kier molecular flexibility index (Phi) is 4.38. The number of aryl methyl sites for hydroxylation is 1. The summed E-state index contributed by atoms with van der Waals surface area (Å²) in [5.74, 6) is 1.90. The van der Waals surface area contributed by atoms with Crippen molar-refractivity contribution in [2.75, 3.05) is 5.32 Å². The van der Waals surface area contributed by atoms with Gasteiger partial charge in [-0.1, -0.05) is 19.0 Å². The van der Waals surface area contributed by atoms with Gasteiger partial charge in [0.2, 0.25) is 5.89 Å². The lowest BCUT2D eigenvalue weighted by molar-refractivity contribution is 0.102. The molecule has 1 aliphatic carbocycles. The molecule has 7 nitrogen and oxygen atoms in total. The molecule has 1 fully saturated rings. The zero-order valence-electron chi connectivity index (χ0n) is 17.1. The van der Waals surface area contributed by atoms with Crippen LogP contribution in [0.2, 0.25) is 0 Å². The summed E-state index contributed by atoms with van der Waals surface area (Å²) < 4.78 is 11.1. The van der Waals surface area contributed by atoms with Crippen molar-refractivity contribution in [2.45, 2.75) is 45.4 Å². The van der Waals surface area contributed by atoms with E-state index in [0.29, 0.717) is 39.9 Å². The molecule has 0 bridgehead atoms. The molecule has 0 atom stereocenters. The maximum Gasteiger partial charge on any atom is 0.259 e. The zero-order chi connectivity index (χ0) is 20.8. The van der Waals surface area contributed by atoms with Crippen LogP contribution in [-0.4, -0.2) is 21.0 Å². The van der Waals surface area contributed by atoms with Crippen LogP contribution in [0.1, 0.15) is 66.0 Å². The van der Waals surface area contributed by atoms with Gasteiger partial charge in [-0.25, -0.2) is 9.97 Å². The standard InChI is InChI=1S/C23H22N4O3/c1-12(2)19-11-24-22(29-19)15-6-8-16(9-7-15)25-21(28)17-10-18(14-4-5-14)26-23-20(17)13(3)27-30-23/h6-12,14H,4-5H2,1-3H3,(H,25,28). The Balaban J connectivity index is 1.41. The topological polar surface area (TPSA) is 94.0 Å². The molecule has 0 spiro atoms. The molecule has 0 saturated heterocycles. The number of rotatable bonds is 5. The van der Waals surface area contributed by atoms with E-state index in [2.05, 4.69) is 34.3 Å². The minimum atomic E-state index is -0.207. The lowest BCUT2D eigenvalue weighted by Gasteiger charge is -2.08. The van der Waals surface area contributed by atoms with Crippen LogP contribution in [0.25, 0.3) is 22.6 Å². The van der Waals surface area contributed by atoms with Gasteiger partial charge in [0.25, 0.3) is 11.6 Å². The number of nitrogens with zero attached hydrogens (tertiary/aromatic N) is 3. The Morgan fingerprint density at radius 2 is 1.97 bits per heavy atom. The Morgan fingerprint density at radius 3 is 2.63 bits per heavy atom. The largest absolute Gasteiger partial charge is 0.441 e. The molecule has 4 aromatic rings. The van der Waals surface area contributed by atoms with E-state index in [1.807, 2.05) is 37.3 Å². The highest BCUT2D eigenvalue weighted by atomic mass is 16.5. The number of oxazole rings is 1. The number of carbonyl (C=O) groups excluding carboxylic acids is 1. The first kappa shape index (κ1) is 18.5. The van der Waals surface area contributed by atoms with Gasteiger partial charge in [-0.15, -0.1) is 0 Å². The number of benzene rings is 1. The number of carbonyl (C=O) groups is 1. The van der Waals surface area contributed by atoms with Crippen LogP contribution in [0.15, 0.2) is 45.5 Å². The molecular weight excluding hydrogens is 380 g/mol. The van der Waals surface area contributed by atoms with Crippen LogP contribution < -0.4 is 5.32 Å². The molecule has 3 aromatic heterocycles. The van der Waals surface area contributed by atoms with E-state index in [4.69, 9.17) is 8.94 Å². The molecule has 1 saturated carbocycles. The number of anilines is 1. The Hall–Kier alpha value is -3.48. The third kappa shape index (κ3) is 3.36. The van der Waals surface area contributed by atoms with Crippen molar-refractivity contribution >= 4 is 22.7 Å². The fourth-order valence-corrected chi connectivity index (χ4v) is 3.46.